The summed E-state index contributed by atoms with van der Waals surface area (Å²) in [7, 11) is 0. The van der Waals surface area contributed by atoms with Crippen molar-refractivity contribution >= 4 is 21.9 Å². The van der Waals surface area contributed by atoms with Crippen LogP contribution in [-0.4, -0.2) is 4.98 Å². The highest BCUT2D eigenvalue weighted by Gasteiger charge is 1.99. The van der Waals surface area contributed by atoms with Crippen LogP contribution in [0.1, 0.15) is 0 Å². The maximum atomic E-state index is 5.28. The van der Waals surface area contributed by atoms with E-state index in [1.165, 1.54) is 5.39 Å². The highest BCUT2D eigenvalue weighted by Crippen LogP contribution is 2.22. The van der Waals surface area contributed by atoms with Crippen LogP contribution in [0.5, 0.6) is 0 Å². The van der Waals surface area contributed by atoms with Gasteiger partial charge in [-0.25, -0.2) is 0 Å². The maximum Gasteiger partial charge on any atom is 0.135 e. The van der Waals surface area contributed by atoms with Gasteiger partial charge >= 0.3 is 0 Å². The van der Waals surface area contributed by atoms with Crippen LogP contribution < -0.4 is 0 Å². The molecule has 0 bridgehead atoms. The van der Waals surface area contributed by atoms with Gasteiger partial charge in [0.1, 0.15) is 5.58 Å². The average Bonchev–Trinajstić information content (AvgIpc) is 2.64. The summed E-state index contributed by atoms with van der Waals surface area (Å²) in [5.41, 5.74) is 2.06. The monoisotopic (exact) mass is 157 g/mol. The minimum atomic E-state index is 0.935. The molecule has 3 rings (SSSR count). The number of rotatable bonds is 0. The van der Waals surface area contributed by atoms with E-state index in [0.717, 1.165) is 16.5 Å². The number of hydrogen-bond acceptors (Lipinski definition) is 1. The lowest BCUT2D eigenvalue weighted by atomic mass is 10.2. The predicted molar refractivity (Wildman–Crippen MR) is 48.1 cm³/mol. The molecule has 2 aromatic heterocycles. The quantitative estimate of drug-likeness (QED) is 0.534. The van der Waals surface area contributed by atoms with Crippen molar-refractivity contribution in [3.8, 4) is 0 Å². The Hall–Kier alpha value is -1.70. The molecule has 0 amide bonds. The van der Waals surface area contributed by atoms with Crippen LogP contribution in [0.25, 0.3) is 21.9 Å². The highest BCUT2D eigenvalue weighted by atomic mass is 16.3. The summed E-state index contributed by atoms with van der Waals surface area (Å²) < 4.78 is 5.28. The maximum absolute atomic E-state index is 5.28. The molecule has 2 nitrogen and oxygen atoms in total. The Balaban J connectivity index is 2.62. The third-order valence-corrected chi connectivity index (χ3v) is 2.13. The minimum Gasteiger partial charge on any atom is -0.464 e. The summed E-state index contributed by atoms with van der Waals surface area (Å²) in [6, 6.07) is 8.17. The van der Waals surface area contributed by atoms with Crippen molar-refractivity contribution in [3.05, 3.63) is 36.7 Å². The van der Waals surface area contributed by atoms with Crippen LogP contribution in [0.3, 0.4) is 0 Å². The normalized spacial score (nSPS) is 11.3. The summed E-state index contributed by atoms with van der Waals surface area (Å²) in [5, 5.41) is 2.38. The Morgan fingerprint density at radius 2 is 2.08 bits per heavy atom. The van der Waals surface area contributed by atoms with Gasteiger partial charge in [0.15, 0.2) is 0 Å². The van der Waals surface area contributed by atoms with Crippen LogP contribution in [0, 0.1) is 0 Å². The lowest BCUT2D eigenvalue weighted by Gasteiger charge is -1.89. The van der Waals surface area contributed by atoms with Crippen LogP contribution in [-0.2, 0) is 0 Å². The zero-order valence-electron chi connectivity index (χ0n) is 6.37. The van der Waals surface area contributed by atoms with Crippen molar-refractivity contribution in [3.63, 3.8) is 0 Å². The summed E-state index contributed by atoms with van der Waals surface area (Å²) in [6.07, 6.45) is 3.65. The van der Waals surface area contributed by atoms with E-state index in [-0.39, 0.29) is 0 Å². The van der Waals surface area contributed by atoms with E-state index >= 15 is 0 Å². The van der Waals surface area contributed by atoms with Crippen LogP contribution in [0.2, 0.25) is 0 Å². The second-order valence-electron chi connectivity index (χ2n) is 2.88. The fourth-order valence-corrected chi connectivity index (χ4v) is 1.51. The molecule has 0 aliphatic heterocycles. The zero-order chi connectivity index (χ0) is 7.97. The predicted octanol–water partition coefficient (Wildman–Crippen LogP) is 2.91. The molecule has 0 atom stereocenters. The summed E-state index contributed by atoms with van der Waals surface area (Å²) in [4.78, 5) is 3.14. The number of furan rings is 1. The van der Waals surface area contributed by atoms with Gasteiger partial charge in [-0.2, -0.15) is 0 Å². The molecule has 0 aliphatic rings. The first kappa shape index (κ1) is 5.89. The fourth-order valence-electron chi connectivity index (χ4n) is 1.51. The largest absolute Gasteiger partial charge is 0.464 e. The first-order valence-electron chi connectivity index (χ1n) is 3.88. The Labute approximate surface area is 68.8 Å². The second-order valence-corrected chi connectivity index (χ2v) is 2.88. The van der Waals surface area contributed by atoms with Crippen molar-refractivity contribution in [1.29, 1.82) is 0 Å². The van der Waals surface area contributed by atoms with Crippen LogP contribution in [0.15, 0.2) is 41.1 Å². The third kappa shape index (κ3) is 0.639. The SMILES string of the molecule is c1cc2cc3ccoc3cc2[nH]1. The van der Waals surface area contributed by atoms with Crippen molar-refractivity contribution in [2.75, 3.05) is 0 Å². The van der Waals surface area contributed by atoms with Gasteiger partial charge in [-0.05, 0) is 18.2 Å². The molecular formula is C10H7NO. The van der Waals surface area contributed by atoms with E-state index in [1.807, 2.05) is 18.3 Å². The van der Waals surface area contributed by atoms with Crippen molar-refractivity contribution in [1.82, 2.24) is 4.98 Å². The Kier molecular flexibility index (Phi) is 0.939. The number of benzene rings is 1. The molecule has 2 heterocycles. The molecule has 0 unspecified atom stereocenters. The average molecular weight is 157 g/mol. The fraction of sp³-hybridized carbons (Fsp3) is 0. The first-order chi connectivity index (χ1) is 5.93. The van der Waals surface area contributed by atoms with E-state index in [2.05, 4.69) is 17.1 Å². The molecule has 3 aromatic rings. The van der Waals surface area contributed by atoms with Gasteiger partial charge in [-0.3, -0.25) is 0 Å². The highest BCUT2D eigenvalue weighted by molar-refractivity contribution is 5.94. The lowest BCUT2D eigenvalue weighted by Crippen LogP contribution is -1.66. The van der Waals surface area contributed by atoms with Crippen molar-refractivity contribution < 1.29 is 4.42 Å². The topological polar surface area (TPSA) is 28.9 Å². The van der Waals surface area contributed by atoms with Crippen molar-refractivity contribution in [2.24, 2.45) is 0 Å². The zero-order valence-corrected chi connectivity index (χ0v) is 6.37. The number of hydrogen-bond donors (Lipinski definition) is 1. The first-order valence-corrected chi connectivity index (χ1v) is 3.88. The molecule has 0 saturated carbocycles. The van der Waals surface area contributed by atoms with E-state index in [1.54, 1.807) is 6.26 Å². The number of nitrogens with one attached hydrogen (secondary N) is 1. The standard InChI is InChI=1S/C10H7NO/c1-3-11-9-6-10-8(2-4-12-10)5-7(1)9/h1-6,11H. The van der Waals surface area contributed by atoms with E-state index in [0.29, 0.717) is 0 Å². The second kappa shape index (κ2) is 1.91. The smallest absolute Gasteiger partial charge is 0.135 e. The molecule has 1 aromatic carbocycles. The van der Waals surface area contributed by atoms with Gasteiger partial charge in [0.25, 0.3) is 0 Å². The minimum absolute atomic E-state index is 0.935. The summed E-state index contributed by atoms with van der Waals surface area (Å²) in [5.74, 6) is 0. The summed E-state index contributed by atoms with van der Waals surface area (Å²) in [6.45, 7) is 0. The van der Waals surface area contributed by atoms with Crippen molar-refractivity contribution in [2.45, 2.75) is 0 Å². The van der Waals surface area contributed by atoms with Crippen LogP contribution in [0.4, 0.5) is 0 Å². The molecule has 2 heteroatoms. The Morgan fingerprint density at radius 1 is 1.08 bits per heavy atom. The van der Waals surface area contributed by atoms with E-state index < -0.39 is 0 Å². The third-order valence-electron chi connectivity index (χ3n) is 2.13. The molecule has 0 fully saturated rings. The van der Waals surface area contributed by atoms with E-state index in [4.69, 9.17) is 4.42 Å². The number of aromatic nitrogens is 1. The van der Waals surface area contributed by atoms with Gasteiger partial charge in [0.05, 0.1) is 6.26 Å². The van der Waals surface area contributed by atoms with E-state index in [9.17, 15) is 0 Å². The van der Waals surface area contributed by atoms with Gasteiger partial charge < -0.3 is 9.40 Å². The van der Waals surface area contributed by atoms with Gasteiger partial charge in [-0.1, -0.05) is 0 Å². The number of fused-ring (bicyclic) bond motifs is 2. The number of H-pyrrole nitrogens is 1. The molecular weight excluding hydrogens is 150 g/mol. The Bertz CT molecular complexity index is 442. The molecule has 0 spiro atoms. The lowest BCUT2D eigenvalue weighted by molar-refractivity contribution is 0.616. The number of aromatic amines is 1. The summed E-state index contributed by atoms with van der Waals surface area (Å²) >= 11 is 0. The van der Waals surface area contributed by atoms with Gasteiger partial charge in [0.2, 0.25) is 0 Å². The molecule has 0 radical (unpaired) electrons. The van der Waals surface area contributed by atoms with Crippen LogP contribution >= 0.6 is 0 Å². The van der Waals surface area contributed by atoms with Gasteiger partial charge in [0, 0.05) is 28.6 Å². The van der Waals surface area contributed by atoms with Gasteiger partial charge in [-0.15, -0.1) is 0 Å². The molecule has 12 heavy (non-hydrogen) atoms. The molecule has 58 valence electrons. The molecule has 0 saturated heterocycles. The molecule has 1 N–H and O–H groups in total. The Morgan fingerprint density at radius 3 is 3.08 bits per heavy atom. The molecule has 0 aliphatic carbocycles.